The lowest BCUT2D eigenvalue weighted by Crippen LogP contribution is -2.60. The van der Waals surface area contributed by atoms with Gasteiger partial charge in [-0.1, -0.05) is 50.7 Å². The smallest absolute Gasteiger partial charge is 0.343 e. The number of carbonyl (C=O) groups excluding carboxylic acids is 3. The highest BCUT2D eigenvalue weighted by Crippen LogP contribution is 2.38. The van der Waals surface area contributed by atoms with Crippen LogP contribution in [0.1, 0.15) is 77.6 Å². The molecule has 172 valence electrons. The molecule has 6 nitrogen and oxygen atoms in total. The molecule has 0 aromatic rings. The summed E-state index contributed by atoms with van der Waals surface area (Å²) in [6, 6.07) is 0. The molecule has 0 bridgehead atoms. The molecule has 0 aromatic heterocycles. The van der Waals surface area contributed by atoms with E-state index in [4.69, 9.17) is 9.47 Å². The van der Waals surface area contributed by atoms with Gasteiger partial charge in [0.15, 0.2) is 0 Å². The summed E-state index contributed by atoms with van der Waals surface area (Å²) >= 11 is 0. The van der Waals surface area contributed by atoms with Crippen LogP contribution in [0.4, 0.5) is 0 Å². The molecule has 0 unspecified atom stereocenters. The van der Waals surface area contributed by atoms with Crippen LogP contribution in [-0.4, -0.2) is 37.6 Å². The fourth-order valence-corrected chi connectivity index (χ4v) is 4.91. The third-order valence-electron chi connectivity index (χ3n) is 6.45. The van der Waals surface area contributed by atoms with Crippen LogP contribution in [0.3, 0.4) is 0 Å². The molecule has 0 spiro atoms. The van der Waals surface area contributed by atoms with Crippen LogP contribution in [0.25, 0.3) is 0 Å². The van der Waals surface area contributed by atoms with E-state index < -0.39 is 23.4 Å². The van der Waals surface area contributed by atoms with E-state index in [2.05, 4.69) is 11.0 Å². The first-order valence-electron chi connectivity index (χ1n) is 11.5. The number of rotatable bonds is 8. The van der Waals surface area contributed by atoms with Crippen molar-refractivity contribution in [2.24, 2.45) is 11.8 Å². The molecular weight excluding hydrogens is 394 g/mol. The van der Waals surface area contributed by atoms with Crippen molar-refractivity contribution in [2.75, 3.05) is 14.2 Å². The fourth-order valence-electron chi connectivity index (χ4n) is 4.91. The topological polar surface area (TPSA) is 81.7 Å². The summed E-state index contributed by atoms with van der Waals surface area (Å²) in [7, 11) is 2.35. The van der Waals surface area contributed by atoms with Gasteiger partial charge in [-0.2, -0.15) is 0 Å². The van der Waals surface area contributed by atoms with Gasteiger partial charge in [0, 0.05) is 13.3 Å². The van der Waals surface area contributed by atoms with Crippen molar-refractivity contribution in [3.8, 4) is 0 Å². The van der Waals surface area contributed by atoms with Crippen molar-refractivity contribution in [3.63, 3.8) is 0 Å². The Labute approximate surface area is 186 Å². The van der Waals surface area contributed by atoms with Gasteiger partial charge < -0.3 is 14.8 Å². The summed E-state index contributed by atoms with van der Waals surface area (Å²) in [5.41, 5.74) is 3.11. The first kappa shape index (κ1) is 24.9. The van der Waals surface area contributed by atoms with Crippen LogP contribution in [0.5, 0.6) is 0 Å². The van der Waals surface area contributed by atoms with Crippen molar-refractivity contribution in [3.05, 3.63) is 29.5 Å². The molecule has 2 fully saturated rings. The Kier molecular flexibility index (Phi) is 10.1. The van der Waals surface area contributed by atoms with Gasteiger partial charge in [0.2, 0.25) is 11.4 Å². The Morgan fingerprint density at radius 3 is 1.81 bits per heavy atom. The number of esters is 2. The Bertz CT molecular complexity index is 684. The maximum Gasteiger partial charge on any atom is 0.343 e. The highest BCUT2D eigenvalue weighted by Gasteiger charge is 2.48. The van der Waals surface area contributed by atoms with E-state index in [1.807, 2.05) is 6.08 Å². The molecule has 0 heterocycles. The Morgan fingerprint density at radius 1 is 0.903 bits per heavy atom. The van der Waals surface area contributed by atoms with Gasteiger partial charge in [-0.15, -0.1) is 5.73 Å². The lowest BCUT2D eigenvalue weighted by molar-refractivity contribution is -0.165. The minimum atomic E-state index is -1.89. The molecular formula is C25H37NO5. The first-order chi connectivity index (χ1) is 14.9. The Morgan fingerprint density at radius 2 is 1.39 bits per heavy atom. The van der Waals surface area contributed by atoms with Gasteiger partial charge in [-0.25, -0.2) is 9.59 Å². The maximum absolute atomic E-state index is 12.4. The summed E-state index contributed by atoms with van der Waals surface area (Å²) in [5.74, 6) is -1.00. The number of hydrogen-bond acceptors (Lipinski definition) is 5. The molecule has 0 saturated heterocycles. The molecule has 0 atom stereocenters. The monoisotopic (exact) mass is 431 g/mol. The zero-order valence-electron chi connectivity index (χ0n) is 19.2. The Hall–Kier alpha value is -2.33. The van der Waals surface area contributed by atoms with Crippen molar-refractivity contribution in [2.45, 2.75) is 83.1 Å². The lowest BCUT2D eigenvalue weighted by Gasteiger charge is -2.31. The largest absolute Gasteiger partial charge is 0.467 e. The van der Waals surface area contributed by atoms with Gasteiger partial charge in [0.1, 0.15) is 0 Å². The zero-order valence-corrected chi connectivity index (χ0v) is 19.2. The second-order valence-corrected chi connectivity index (χ2v) is 8.64. The van der Waals surface area contributed by atoms with Crippen molar-refractivity contribution in [1.82, 2.24) is 5.32 Å². The predicted molar refractivity (Wildman–Crippen MR) is 119 cm³/mol. The van der Waals surface area contributed by atoms with E-state index in [0.29, 0.717) is 11.8 Å². The molecule has 31 heavy (non-hydrogen) atoms. The van der Waals surface area contributed by atoms with E-state index in [1.165, 1.54) is 90.9 Å². The van der Waals surface area contributed by atoms with Gasteiger partial charge in [0.25, 0.3) is 0 Å². The van der Waals surface area contributed by atoms with E-state index >= 15 is 0 Å². The van der Waals surface area contributed by atoms with Crippen LogP contribution in [0, 0.1) is 11.8 Å². The molecule has 1 N–H and O–H groups in total. The zero-order chi connectivity index (χ0) is 22.7. The number of allylic oxidation sites excluding steroid dienone is 2. The van der Waals surface area contributed by atoms with Crippen LogP contribution >= 0.6 is 0 Å². The molecule has 1 amide bonds. The minimum Gasteiger partial charge on any atom is -0.467 e. The standard InChI is InChI=1S/C25H37NO5/c1-19(27)26-25(23(28)30-2,24(29)31-3)18-12-6-11-17-22(20-13-7-4-8-14-20)21-15-9-5-10-16-21/h6,11-12,20-21H,4-5,7-10,13-16,18H2,1-3H3,(H,26,27)/b12-6+. The average molecular weight is 432 g/mol. The van der Waals surface area contributed by atoms with E-state index in [0.717, 1.165) is 0 Å². The molecule has 2 aliphatic carbocycles. The number of hydrogen-bond donors (Lipinski definition) is 1. The van der Waals surface area contributed by atoms with Crippen molar-refractivity contribution < 1.29 is 23.9 Å². The molecule has 0 aromatic carbocycles. The molecule has 6 heteroatoms. The average Bonchev–Trinajstić information content (AvgIpc) is 2.80. The summed E-state index contributed by atoms with van der Waals surface area (Å²) in [5, 5.41) is 2.42. The Balaban J connectivity index is 2.23. The number of nitrogens with one attached hydrogen (secondary N) is 1. The normalized spacial score (nSPS) is 18.2. The molecule has 0 aliphatic heterocycles. The first-order valence-corrected chi connectivity index (χ1v) is 11.5. The highest BCUT2D eigenvalue weighted by atomic mass is 16.5. The quantitative estimate of drug-likeness (QED) is 0.267. The molecule has 2 rings (SSSR count). The van der Waals surface area contributed by atoms with E-state index in [9.17, 15) is 14.4 Å². The van der Waals surface area contributed by atoms with Crippen molar-refractivity contribution in [1.29, 1.82) is 0 Å². The second-order valence-electron chi connectivity index (χ2n) is 8.64. The number of ether oxygens (including phenoxy) is 2. The van der Waals surface area contributed by atoms with Gasteiger partial charge in [-0.05, 0) is 49.2 Å². The summed E-state index contributed by atoms with van der Waals surface area (Å²) < 4.78 is 9.55. The predicted octanol–water partition coefficient (Wildman–Crippen LogP) is 4.40. The number of methoxy groups -OCH3 is 2. The summed E-state index contributed by atoms with van der Waals surface area (Å²) in [6.45, 7) is 1.24. The molecule has 2 aliphatic rings. The van der Waals surface area contributed by atoms with Gasteiger partial charge in [-0.3, -0.25) is 4.79 Å². The minimum absolute atomic E-state index is 0.0632. The number of carbonyl (C=O) groups is 3. The third kappa shape index (κ3) is 6.83. The van der Waals surface area contributed by atoms with Crippen LogP contribution in [0.2, 0.25) is 0 Å². The SMILES string of the molecule is COC(=O)C(C/C=C/C=C=C(C1CCCCC1)C1CCCCC1)(NC(C)=O)C(=O)OC. The molecule has 2 saturated carbocycles. The lowest BCUT2D eigenvalue weighted by atomic mass is 9.74. The van der Waals surface area contributed by atoms with E-state index in [-0.39, 0.29) is 6.42 Å². The highest BCUT2D eigenvalue weighted by molar-refractivity contribution is 6.07. The van der Waals surface area contributed by atoms with Crippen LogP contribution < -0.4 is 5.32 Å². The molecule has 0 radical (unpaired) electrons. The summed E-state index contributed by atoms with van der Waals surface area (Å²) in [6.07, 6.45) is 18.0. The van der Waals surface area contributed by atoms with Crippen LogP contribution in [0.15, 0.2) is 29.5 Å². The fraction of sp³-hybridized carbons (Fsp3) is 0.680. The maximum atomic E-state index is 12.4. The number of amides is 1. The van der Waals surface area contributed by atoms with Gasteiger partial charge in [0.05, 0.1) is 14.2 Å². The van der Waals surface area contributed by atoms with Crippen molar-refractivity contribution >= 4 is 17.8 Å². The van der Waals surface area contributed by atoms with E-state index in [1.54, 1.807) is 12.2 Å². The third-order valence-corrected chi connectivity index (χ3v) is 6.45. The van der Waals surface area contributed by atoms with Gasteiger partial charge >= 0.3 is 11.9 Å². The van der Waals surface area contributed by atoms with Crippen LogP contribution in [-0.2, 0) is 23.9 Å². The summed E-state index contributed by atoms with van der Waals surface area (Å²) in [4.78, 5) is 36.4. The second kappa shape index (κ2) is 12.5.